The monoisotopic (exact) mass is 261 g/mol. The van der Waals surface area contributed by atoms with Crippen molar-refractivity contribution in [2.24, 2.45) is 11.7 Å². The standard InChI is InChI=1S/C14H19N3O2/c1-9-3-2-4-10(7-9)13-16-14(19-17-13)12-6-5-11(8-15)18-12/h5-6,9-10H,2-4,7-8,15H2,1H3. The average molecular weight is 261 g/mol. The Kier molecular flexibility index (Phi) is 3.38. The minimum atomic E-state index is 0.376. The molecule has 0 bridgehead atoms. The molecule has 2 N–H and O–H groups in total. The first-order chi connectivity index (χ1) is 9.26. The fourth-order valence-corrected chi connectivity index (χ4v) is 2.77. The molecule has 2 heterocycles. The lowest BCUT2D eigenvalue weighted by atomic mass is 9.82. The molecule has 0 aliphatic heterocycles. The molecule has 2 aromatic heterocycles. The van der Waals surface area contributed by atoms with Crippen LogP contribution in [0.25, 0.3) is 11.7 Å². The maximum atomic E-state index is 5.52. The van der Waals surface area contributed by atoms with Crippen molar-refractivity contribution < 1.29 is 8.94 Å². The smallest absolute Gasteiger partial charge is 0.293 e. The van der Waals surface area contributed by atoms with Crippen LogP contribution < -0.4 is 5.73 Å². The normalized spacial score (nSPS) is 23.7. The fourth-order valence-electron chi connectivity index (χ4n) is 2.77. The average Bonchev–Trinajstić information content (AvgIpc) is 3.07. The molecule has 2 unspecified atom stereocenters. The van der Waals surface area contributed by atoms with E-state index < -0.39 is 0 Å². The molecule has 0 saturated heterocycles. The number of nitrogens with zero attached hydrogens (tertiary/aromatic N) is 2. The first-order valence-corrected chi connectivity index (χ1v) is 6.89. The van der Waals surface area contributed by atoms with Gasteiger partial charge in [-0.25, -0.2) is 0 Å². The van der Waals surface area contributed by atoms with E-state index in [2.05, 4.69) is 17.1 Å². The second kappa shape index (κ2) is 5.17. The van der Waals surface area contributed by atoms with E-state index in [9.17, 15) is 0 Å². The third-order valence-electron chi connectivity index (χ3n) is 3.82. The summed E-state index contributed by atoms with van der Waals surface area (Å²) in [4.78, 5) is 4.47. The summed E-state index contributed by atoms with van der Waals surface area (Å²) < 4.78 is 10.8. The molecule has 5 nitrogen and oxygen atoms in total. The zero-order valence-electron chi connectivity index (χ0n) is 11.1. The molecule has 0 aromatic carbocycles. The second-order valence-corrected chi connectivity index (χ2v) is 5.40. The lowest BCUT2D eigenvalue weighted by Crippen LogP contribution is -2.12. The van der Waals surface area contributed by atoms with Crippen molar-refractivity contribution in [3.8, 4) is 11.7 Å². The van der Waals surface area contributed by atoms with Crippen LogP contribution in [0.5, 0.6) is 0 Å². The summed E-state index contributed by atoms with van der Waals surface area (Å²) in [6.07, 6.45) is 4.84. The molecule has 5 heteroatoms. The Hall–Kier alpha value is -1.62. The van der Waals surface area contributed by atoms with Crippen molar-refractivity contribution >= 4 is 0 Å². The minimum Gasteiger partial charge on any atom is -0.455 e. The minimum absolute atomic E-state index is 0.376. The molecule has 0 spiro atoms. The Morgan fingerprint density at radius 2 is 2.26 bits per heavy atom. The van der Waals surface area contributed by atoms with Crippen molar-refractivity contribution in [3.63, 3.8) is 0 Å². The Morgan fingerprint density at radius 3 is 3.00 bits per heavy atom. The summed E-state index contributed by atoms with van der Waals surface area (Å²) in [5, 5.41) is 4.11. The molecule has 102 valence electrons. The Labute approximate surface area is 112 Å². The molecule has 1 aliphatic rings. The number of furan rings is 1. The number of nitrogens with two attached hydrogens (primary N) is 1. The third-order valence-corrected chi connectivity index (χ3v) is 3.82. The van der Waals surface area contributed by atoms with Crippen LogP contribution in [0.2, 0.25) is 0 Å². The highest BCUT2D eigenvalue weighted by atomic mass is 16.5. The predicted octanol–water partition coefficient (Wildman–Crippen LogP) is 3.08. The highest BCUT2D eigenvalue weighted by Gasteiger charge is 2.25. The maximum Gasteiger partial charge on any atom is 0.293 e. The van der Waals surface area contributed by atoms with E-state index in [-0.39, 0.29) is 0 Å². The molecular weight excluding hydrogens is 242 g/mol. The summed E-state index contributed by atoms with van der Waals surface area (Å²) in [6.45, 7) is 2.66. The van der Waals surface area contributed by atoms with Crippen molar-refractivity contribution in [1.82, 2.24) is 10.1 Å². The predicted molar refractivity (Wildman–Crippen MR) is 70.3 cm³/mol. The van der Waals surface area contributed by atoms with Gasteiger partial charge >= 0.3 is 0 Å². The highest BCUT2D eigenvalue weighted by Crippen LogP contribution is 2.35. The van der Waals surface area contributed by atoms with Crippen LogP contribution in [0.15, 0.2) is 21.1 Å². The number of aromatic nitrogens is 2. The van der Waals surface area contributed by atoms with E-state index >= 15 is 0 Å². The van der Waals surface area contributed by atoms with E-state index in [0.717, 1.165) is 30.3 Å². The maximum absolute atomic E-state index is 5.52. The van der Waals surface area contributed by atoms with Crippen molar-refractivity contribution in [1.29, 1.82) is 0 Å². The Bertz CT molecular complexity index is 546. The lowest BCUT2D eigenvalue weighted by molar-refractivity contribution is 0.323. The first kappa shape index (κ1) is 12.4. The van der Waals surface area contributed by atoms with Crippen LogP contribution in [0.1, 0.15) is 50.1 Å². The topological polar surface area (TPSA) is 78.1 Å². The molecule has 1 saturated carbocycles. The summed E-state index contributed by atoms with van der Waals surface area (Å²) >= 11 is 0. The third kappa shape index (κ3) is 2.56. The molecular formula is C14H19N3O2. The van der Waals surface area contributed by atoms with Gasteiger partial charge in [0.2, 0.25) is 0 Å². The van der Waals surface area contributed by atoms with E-state index in [1.165, 1.54) is 12.8 Å². The van der Waals surface area contributed by atoms with Gasteiger partial charge in [-0.3, -0.25) is 0 Å². The van der Waals surface area contributed by atoms with Gasteiger partial charge in [-0.05, 0) is 30.9 Å². The van der Waals surface area contributed by atoms with Crippen LogP contribution in [-0.2, 0) is 6.54 Å². The number of hydrogen-bond donors (Lipinski definition) is 1. The summed E-state index contributed by atoms with van der Waals surface area (Å²) in [7, 11) is 0. The second-order valence-electron chi connectivity index (χ2n) is 5.40. The molecule has 0 amide bonds. The molecule has 19 heavy (non-hydrogen) atoms. The van der Waals surface area contributed by atoms with Crippen molar-refractivity contribution in [2.45, 2.75) is 45.1 Å². The van der Waals surface area contributed by atoms with E-state index in [4.69, 9.17) is 14.7 Å². The molecule has 1 fully saturated rings. The quantitative estimate of drug-likeness (QED) is 0.918. The van der Waals surface area contributed by atoms with E-state index in [0.29, 0.717) is 24.1 Å². The largest absolute Gasteiger partial charge is 0.455 e. The number of rotatable bonds is 3. The SMILES string of the molecule is CC1CCCC(c2noc(-c3ccc(CN)o3)n2)C1. The molecule has 1 aliphatic carbocycles. The van der Waals surface area contributed by atoms with Gasteiger partial charge in [0.15, 0.2) is 11.6 Å². The van der Waals surface area contributed by atoms with E-state index in [1.807, 2.05) is 12.1 Å². The highest BCUT2D eigenvalue weighted by molar-refractivity contribution is 5.44. The zero-order chi connectivity index (χ0) is 13.2. The van der Waals surface area contributed by atoms with Gasteiger partial charge in [0.1, 0.15) is 5.76 Å². The van der Waals surface area contributed by atoms with Gasteiger partial charge in [-0.1, -0.05) is 24.9 Å². The molecule has 2 atom stereocenters. The van der Waals surface area contributed by atoms with Crippen LogP contribution >= 0.6 is 0 Å². The van der Waals surface area contributed by atoms with Crippen LogP contribution in [-0.4, -0.2) is 10.1 Å². The van der Waals surface area contributed by atoms with Crippen LogP contribution in [0.3, 0.4) is 0 Å². The van der Waals surface area contributed by atoms with Crippen LogP contribution in [0, 0.1) is 5.92 Å². The summed E-state index contributed by atoms with van der Waals surface area (Å²) in [6, 6.07) is 3.66. The van der Waals surface area contributed by atoms with Gasteiger partial charge < -0.3 is 14.7 Å². The lowest BCUT2D eigenvalue weighted by Gasteiger charge is -2.23. The molecule has 0 radical (unpaired) electrons. The molecule has 3 rings (SSSR count). The van der Waals surface area contributed by atoms with Gasteiger partial charge in [-0.2, -0.15) is 4.98 Å². The van der Waals surface area contributed by atoms with E-state index in [1.54, 1.807) is 0 Å². The zero-order valence-corrected chi connectivity index (χ0v) is 11.1. The van der Waals surface area contributed by atoms with Crippen molar-refractivity contribution in [2.75, 3.05) is 0 Å². The van der Waals surface area contributed by atoms with Crippen molar-refractivity contribution in [3.05, 3.63) is 23.7 Å². The molecule has 2 aromatic rings. The van der Waals surface area contributed by atoms with Gasteiger partial charge in [-0.15, -0.1) is 0 Å². The van der Waals surface area contributed by atoms with Gasteiger partial charge in [0, 0.05) is 5.92 Å². The Morgan fingerprint density at radius 1 is 1.37 bits per heavy atom. The first-order valence-electron chi connectivity index (χ1n) is 6.89. The van der Waals surface area contributed by atoms with Gasteiger partial charge in [0.05, 0.1) is 6.54 Å². The summed E-state index contributed by atoms with van der Waals surface area (Å²) in [5.41, 5.74) is 5.52. The van der Waals surface area contributed by atoms with Crippen LogP contribution in [0.4, 0.5) is 0 Å². The Balaban J connectivity index is 1.78. The fraction of sp³-hybridized carbons (Fsp3) is 0.571. The van der Waals surface area contributed by atoms with Gasteiger partial charge in [0.25, 0.3) is 5.89 Å². The number of hydrogen-bond acceptors (Lipinski definition) is 5. The summed E-state index contributed by atoms with van der Waals surface area (Å²) in [5.74, 6) is 3.75.